The van der Waals surface area contributed by atoms with Crippen LogP contribution in [0.25, 0.3) is 10.2 Å². The van der Waals surface area contributed by atoms with Crippen LogP contribution in [-0.4, -0.2) is 53.0 Å². The van der Waals surface area contributed by atoms with Crippen LogP contribution in [0.3, 0.4) is 0 Å². The Morgan fingerprint density at radius 1 is 1.16 bits per heavy atom. The van der Waals surface area contributed by atoms with E-state index in [-0.39, 0.29) is 16.7 Å². The van der Waals surface area contributed by atoms with Crippen molar-refractivity contribution in [2.75, 3.05) is 24.5 Å². The van der Waals surface area contributed by atoms with Gasteiger partial charge in [-0.2, -0.15) is 9.40 Å². The molecule has 3 aromatic heterocycles. The number of fused-ring (bicyclic) bond motifs is 1. The van der Waals surface area contributed by atoms with Crippen molar-refractivity contribution in [2.45, 2.75) is 44.4 Å². The molecule has 8 nitrogen and oxygen atoms in total. The van der Waals surface area contributed by atoms with E-state index in [0.29, 0.717) is 47.0 Å². The average Bonchev–Trinajstić information content (AvgIpc) is 3.58. The molecule has 5 rings (SSSR count). The van der Waals surface area contributed by atoms with Crippen molar-refractivity contribution in [1.82, 2.24) is 19.1 Å². The van der Waals surface area contributed by atoms with Gasteiger partial charge in [0.05, 0.1) is 32.7 Å². The molecule has 0 saturated carbocycles. The first-order valence-electron chi connectivity index (χ1n) is 12.2. The molecule has 38 heavy (non-hydrogen) atoms. The normalized spacial score (nSPS) is 16.8. The number of thiazole rings is 1. The fourth-order valence-corrected chi connectivity index (χ4v) is 9.41. The van der Waals surface area contributed by atoms with Crippen LogP contribution >= 0.6 is 45.9 Å². The van der Waals surface area contributed by atoms with Crippen LogP contribution in [0.15, 0.2) is 34.5 Å². The molecule has 202 valence electrons. The van der Waals surface area contributed by atoms with Gasteiger partial charge in [-0.1, -0.05) is 34.5 Å². The third-order valence-electron chi connectivity index (χ3n) is 6.65. The molecule has 1 fully saturated rings. The van der Waals surface area contributed by atoms with Crippen molar-refractivity contribution in [2.24, 2.45) is 5.92 Å². The monoisotopic (exact) mass is 611 g/mol. The molecule has 1 amide bonds. The van der Waals surface area contributed by atoms with Crippen LogP contribution in [0.5, 0.6) is 0 Å². The van der Waals surface area contributed by atoms with Crippen LogP contribution in [0.1, 0.15) is 29.8 Å². The number of hydrogen-bond donors (Lipinski definition) is 0. The molecule has 1 saturated heterocycles. The van der Waals surface area contributed by atoms with Crippen LogP contribution in [0, 0.1) is 26.7 Å². The van der Waals surface area contributed by atoms with Crippen molar-refractivity contribution < 1.29 is 13.2 Å². The Morgan fingerprint density at radius 2 is 1.95 bits per heavy atom. The van der Waals surface area contributed by atoms with Gasteiger partial charge in [-0.15, -0.1) is 11.3 Å². The minimum absolute atomic E-state index is 0.114. The van der Waals surface area contributed by atoms with Gasteiger partial charge in [-0.3, -0.25) is 14.4 Å². The van der Waals surface area contributed by atoms with Gasteiger partial charge in [0.25, 0.3) is 10.0 Å². The van der Waals surface area contributed by atoms with E-state index in [9.17, 15) is 13.2 Å². The number of carbonyl (C=O) groups excluding carboxylic acids is 1. The summed E-state index contributed by atoms with van der Waals surface area (Å²) >= 11 is 14.7. The molecule has 0 aliphatic carbocycles. The molecule has 1 atom stereocenters. The zero-order chi connectivity index (χ0) is 27.2. The molecule has 4 aromatic rings. The highest BCUT2D eigenvalue weighted by atomic mass is 35.5. The summed E-state index contributed by atoms with van der Waals surface area (Å²) in [5.74, 6) is -0.635. The fraction of sp³-hybridized carbons (Fsp3) is 0.400. The van der Waals surface area contributed by atoms with E-state index in [1.54, 1.807) is 11.0 Å². The lowest BCUT2D eigenvalue weighted by molar-refractivity contribution is -0.123. The number of hydrogen-bond acceptors (Lipinski definition) is 7. The summed E-state index contributed by atoms with van der Waals surface area (Å²) in [7, 11) is -3.73. The van der Waals surface area contributed by atoms with Gasteiger partial charge in [-0.25, -0.2) is 13.4 Å². The Morgan fingerprint density at radius 3 is 2.63 bits per heavy atom. The molecule has 0 N–H and O–H groups in total. The van der Waals surface area contributed by atoms with E-state index in [1.807, 2.05) is 43.7 Å². The molecule has 1 aromatic carbocycles. The number of sulfonamides is 1. The van der Waals surface area contributed by atoms with Gasteiger partial charge >= 0.3 is 0 Å². The second kappa shape index (κ2) is 10.9. The standard InChI is InChI=1S/C25H27Cl2N5O3S3/c1-15-11-19(26)13-20-23(15)28-25(36-20)31(9-10-32-17(3)12-16(2)29-32)24(33)18-5-4-8-30(14-18)38(34,35)22-7-6-21(27)37-22/h6-7,11-13,18H,4-5,8-10,14H2,1-3H3. The summed E-state index contributed by atoms with van der Waals surface area (Å²) in [6.45, 7) is 7.19. The van der Waals surface area contributed by atoms with Gasteiger partial charge in [0.1, 0.15) is 4.21 Å². The predicted octanol–water partition coefficient (Wildman–Crippen LogP) is 5.92. The lowest BCUT2D eigenvalue weighted by Crippen LogP contribution is -2.47. The molecule has 1 unspecified atom stereocenters. The molecular formula is C25H27Cl2N5O3S3. The number of aromatic nitrogens is 3. The topological polar surface area (TPSA) is 88.4 Å². The summed E-state index contributed by atoms with van der Waals surface area (Å²) in [6.07, 6.45) is 1.19. The zero-order valence-corrected chi connectivity index (χ0v) is 25.1. The quantitative estimate of drug-likeness (QED) is 0.259. The summed E-state index contributed by atoms with van der Waals surface area (Å²) in [5.41, 5.74) is 3.66. The van der Waals surface area contributed by atoms with E-state index < -0.39 is 15.9 Å². The molecule has 0 spiro atoms. The molecular weight excluding hydrogens is 585 g/mol. The predicted molar refractivity (Wildman–Crippen MR) is 154 cm³/mol. The van der Waals surface area contributed by atoms with E-state index in [1.165, 1.54) is 21.7 Å². The molecule has 1 aliphatic heterocycles. The van der Waals surface area contributed by atoms with Crippen LogP contribution in [0.4, 0.5) is 5.13 Å². The SMILES string of the molecule is Cc1cc(C)n(CCN(C(=O)C2CCCN(S(=O)(=O)c3ccc(Cl)s3)C2)c2nc3c(C)cc(Cl)cc3s2)n1. The number of nitrogens with zero attached hydrogens (tertiary/aromatic N) is 5. The van der Waals surface area contributed by atoms with Crippen LogP contribution in [0.2, 0.25) is 9.36 Å². The third-order valence-corrected chi connectivity index (χ3v) is 11.5. The highest BCUT2D eigenvalue weighted by Gasteiger charge is 2.37. The Balaban J connectivity index is 1.45. The Kier molecular flexibility index (Phi) is 7.87. The van der Waals surface area contributed by atoms with Gasteiger partial charge in [0.15, 0.2) is 5.13 Å². The van der Waals surface area contributed by atoms with Gasteiger partial charge in [0.2, 0.25) is 5.91 Å². The van der Waals surface area contributed by atoms with E-state index >= 15 is 0 Å². The summed E-state index contributed by atoms with van der Waals surface area (Å²) in [6, 6.07) is 8.80. The molecule has 0 bridgehead atoms. The Hall–Kier alpha value is -2.02. The number of carbonyl (C=O) groups is 1. The number of amides is 1. The Bertz CT molecular complexity index is 1610. The summed E-state index contributed by atoms with van der Waals surface area (Å²) in [5, 5.41) is 5.73. The van der Waals surface area contributed by atoms with Crippen LogP contribution in [-0.2, 0) is 21.4 Å². The Labute approximate surface area is 239 Å². The number of anilines is 1. The van der Waals surface area contributed by atoms with Crippen molar-refractivity contribution in [1.29, 1.82) is 0 Å². The van der Waals surface area contributed by atoms with E-state index in [0.717, 1.165) is 38.5 Å². The number of aryl methyl sites for hydroxylation is 3. The maximum Gasteiger partial charge on any atom is 0.252 e. The summed E-state index contributed by atoms with van der Waals surface area (Å²) < 4.78 is 31.3. The lowest BCUT2D eigenvalue weighted by Gasteiger charge is -2.33. The van der Waals surface area contributed by atoms with Gasteiger partial charge < -0.3 is 0 Å². The van der Waals surface area contributed by atoms with Crippen molar-refractivity contribution >= 4 is 77.2 Å². The first kappa shape index (κ1) is 27.5. The lowest BCUT2D eigenvalue weighted by atomic mass is 9.98. The van der Waals surface area contributed by atoms with E-state index in [4.69, 9.17) is 28.2 Å². The maximum absolute atomic E-state index is 14.0. The number of benzene rings is 1. The van der Waals surface area contributed by atoms with Crippen molar-refractivity contribution in [3.05, 3.63) is 56.6 Å². The number of halogens is 2. The third kappa shape index (κ3) is 5.50. The molecule has 13 heteroatoms. The van der Waals surface area contributed by atoms with Crippen molar-refractivity contribution in [3.8, 4) is 0 Å². The number of rotatable bonds is 7. The average molecular weight is 613 g/mol. The molecule has 1 aliphatic rings. The largest absolute Gasteiger partial charge is 0.286 e. The highest BCUT2D eigenvalue weighted by Crippen LogP contribution is 2.35. The first-order chi connectivity index (χ1) is 18.0. The molecule has 0 radical (unpaired) electrons. The van der Waals surface area contributed by atoms with Gasteiger partial charge in [0, 0.05) is 30.4 Å². The smallest absolute Gasteiger partial charge is 0.252 e. The molecule has 4 heterocycles. The minimum atomic E-state index is -3.73. The van der Waals surface area contributed by atoms with E-state index in [2.05, 4.69) is 5.10 Å². The summed E-state index contributed by atoms with van der Waals surface area (Å²) in [4.78, 5) is 20.6. The maximum atomic E-state index is 14.0. The number of thiophene rings is 1. The second-order valence-corrected chi connectivity index (χ2v) is 14.8. The fourth-order valence-electron chi connectivity index (χ4n) is 4.80. The second-order valence-electron chi connectivity index (χ2n) is 9.47. The highest BCUT2D eigenvalue weighted by molar-refractivity contribution is 7.91. The minimum Gasteiger partial charge on any atom is -0.286 e. The first-order valence-corrected chi connectivity index (χ1v) is 16.0. The van der Waals surface area contributed by atoms with Crippen molar-refractivity contribution in [3.63, 3.8) is 0 Å². The van der Waals surface area contributed by atoms with Gasteiger partial charge in [-0.05, 0) is 69.5 Å². The van der Waals surface area contributed by atoms with Crippen LogP contribution < -0.4 is 4.90 Å². The zero-order valence-electron chi connectivity index (χ0n) is 21.1. The number of piperidine rings is 1.